The predicted octanol–water partition coefficient (Wildman–Crippen LogP) is 3.44. The minimum atomic E-state index is -1.49. The molecule has 388 valence electrons. The third-order valence-electron chi connectivity index (χ3n) is 13.0. The van der Waals surface area contributed by atoms with Crippen molar-refractivity contribution in [3.05, 3.63) is 154 Å². The maximum atomic E-state index is 15.0. The maximum absolute atomic E-state index is 15.0. The molecule has 2 aliphatic carbocycles. The maximum Gasteiger partial charge on any atom is 0.244 e. The smallest absolute Gasteiger partial charge is 0.244 e. The molecule has 2 aromatic carbocycles. The summed E-state index contributed by atoms with van der Waals surface area (Å²) < 4.78 is 70.8. The van der Waals surface area contributed by atoms with Crippen LogP contribution in [0, 0.1) is 11.9 Å². The second-order valence-electron chi connectivity index (χ2n) is 18.8. The minimum absolute atomic E-state index is 0.0331. The molecule has 4 aromatic rings. The molecule has 4 fully saturated rings. The number of halogens is 4. The number of rotatable bonds is 22. The van der Waals surface area contributed by atoms with Crippen molar-refractivity contribution in [2.24, 2.45) is 23.2 Å². The van der Waals surface area contributed by atoms with Gasteiger partial charge in [-0.2, -0.15) is 8.78 Å². The van der Waals surface area contributed by atoms with Crippen molar-refractivity contribution in [3.8, 4) is 0 Å². The summed E-state index contributed by atoms with van der Waals surface area (Å²) >= 11 is 0. The summed E-state index contributed by atoms with van der Waals surface area (Å²) in [5.74, 6) is 8.39. The number of carbonyl (C=O) groups is 4. The van der Waals surface area contributed by atoms with Gasteiger partial charge in [0, 0.05) is 30.2 Å². The van der Waals surface area contributed by atoms with Crippen LogP contribution in [0.4, 0.5) is 17.6 Å². The zero-order chi connectivity index (χ0) is 51.8. The van der Waals surface area contributed by atoms with Gasteiger partial charge in [0.15, 0.2) is 0 Å². The molecule has 4 amide bonds. The Kier molecular flexibility index (Phi) is 16.8. The Balaban J connectivity index is 0.773. The van der Waals surface area contributed by atoms with Crippen LogP contribution in [-0.4, -0.2) is 124 Å². The largest absolute Gasteiger partial charge is 0.476 e. The molecule has 4 aliphatic rings. The molecule has 2 aliphatic heterocycles. The number of benzene rings is 2. The first kappa shape index (κ1) is 52.0. The lowest BCUT2D eigenvalue weighted by Crippen LogP contribution is -2.50. The fraction of sp³-hybridized carbons (Fsp3) is 0.412. The number of alkyl halides is 2. The summed E-state index contributed by atoms with van der Waals surface area (Å²) in [6.45, 7) is -1.91. The lowest BCUT2D eigenvalue weighted by molar-refractivity contribution is -0.139. The Hall–Kier alpha value is -7.30. The van der Waals surface area contributed by atoms with Crippen molar-refractivity contribution in [1.29, 1.82) is 0 Å². The Labute approximate surface area is 419 Å². The zero-order valence-electron chi connectivity index (χ0n) is 40.0. The predicted molar refractivity (Wildman–Crippen MR) is 258 cm³/mol. The van der Waals surface area contributed by atoms with Crippen molar-refractivity contribution in [2.45, 2.75) is 86.9 Å². The number of nitrogens with two attached hydrogens (primary N) is 4. The molecular weight excluding hydrogens is 953 g/mol. The van der Waals surface area contributed by atoms with E-state index in [1.54, 1.807) is 84.9 Å². The quantitative estimate of drug-likeness (QED) is 0.0165. The highest BCUT2D eigenvalue weighted by atomic mass is 19.1. The Morgan fingerprint density at radius 1 is 0.658 bits per heavy atom. The lowest BCUT2D eigenvalue weighted by atomic mass is 10.0. The Morgan fingerprint density at radius 3 is 1.52 bits per heavy atom. The molecule has 6 atom stereocenters. The SMILES string of the molecule is N/C(=C\N(N)CC(=O)N1C[C@H](F)C[C@H]1C(=O)N[C@@H](c1ccccc1)c1ccc(C2CC2)c(F)n1)COCCO/C(N)=C/N(N)CC(=O)N1C[C@H](F)C[C@H]1C(=O)N[C@@H](c1ccccc1)c1ccc(C2CC2)c(F)n1. The summed E-state index contributed by atoms with van der Waals surface area (Å²) in [6, 6.07) is 20.2. The topological polar surface area (TPSA) is 254 Å². The van der Waals surface area contributed by atoms with E-state index >= 15 is 8.78 Å². The van der Waals surface area contributed by atoms with Crippen LogP contribution in [-0.2, 0) is 28.7 Å². The van der Waals surface area contributed by atoms with Gasteiger partial charge in [0.25, 0.3) is 0 Å². The second kappa shape index (κ2) is 23.5. The van der Waals surface area contributed by atoms with Crippen LogP contribution in [0.2, 0.25) is 0 Å². The fourth-order valence-corrected chi connectivity index (χ4v) is 9.12. The van der Waals surface area contributed by atoms with E-state index < -0.39 is 85.1 Å². The van der Waals surface area contributed by atoms with Crippen LogP contribution in [0.1, 0.15) is 96.1 Å². The van der Waals surface area contributed by atoms with Gasteiger partial charge in [-0.1, -0.05) is 72.8 Å². The third-order valence-corrected chi connectivity index (χ3v) is 13.0. The van der Waals surface area contributed by atoms with Crippen LogP contribution in [0.25, 0.3) is 0 Å². The molecule has 22 heteroatoms. The first-order valence-corrected chi connectivity index (χ1v) is 24.2. The molecule has 0 bridgehead atoms. The van der Waals surface area contributed by atoms with Crippen LogP contribution in [0.3, 0.4) is 0 Å². The molecule has 2 aromatic heterocycles. The van der Waals surface area contributed by atoms with Gasteiger partial charge in [0.05, 0.1) is 61.7 Å². The standard InChI is InChI=1S/C51H60F4N12O6/c52-34-21-41(50(70)62-46(32-7-3-1-4-8-32)39-17-15-37(30-11-12-30)48(54)60-39)66(23-34)44(68)27-64(58)25-36(56)29-72-19-20-73-43(57)26-65(59)28-45(69)67-24-35(53)22-42(67)51(71)63-47(33-9-5-2-6-10-33)40-18-16-38(31-13-14-31)49(55)61-40/h1-10,15-18,25-26,30-31,34-35,41-42,46-47H,11-14,19-24,27-29,56-59H2,(H,62,70)(H,63,71)/b36-25-,43-26+/t34-,35-,41+,42+,46+,47+/m1/s1. The average Bonchev–Trinajstić information content (AvgIpc) is 4.31. The number of likely N-dealkylation sites (tertiary alicyclic amines) is 2. The summed E-state index contributed by atoms with van der Waals surface area (Å²) in [7, 11) is 0. The monoisotopic (exact) mass is 1010 g/mol. The molecule has 8 rings (SSSR count). The van der Waals surface area contributed by atoms with E-state index in [2.05, 4.69) is 20.6 Å². The first-order chi connectivity index (χ1) is 35.1. The third kappa shape index (κ3) is 13.6. The number of hydrazine groups is 2. The molecule has 10 N–H and O–H groups in total. The van der Waals surface area contributed by atoms with Crippen molar-refractivity contribution < 1.29 is 46.2 Å². The van der Waals surface area contributed by atoms with E-state index in [-0.39, 0.29) is 80.6 Å². The average molecular weight is 1010 g/mol. The number of nitrogens with one attached hydrogen (secondary N) is 2. The first-order valence-electron chi connectivity index (χ1n) is 24.2. The van der Waals surface area contributed by atoms with Crippen LogP contribution < -0.4 is 33.8 Å². The van der Waals surface area contributed by atoms with E-state index in [1.807, 2.05) is 0 Å². The zero-order valence-corrected chi connectivity index (χ0v) is 40.0. The van der Waals surface area contributed by atoms with Gasteiger partial charge in [-0.15, -0.1) is 0 Å². The molecule has 2 saturated carbocycles. The normalized spacial score (nSPS) is 20.8. The van der Waals surface area contributed by atoms with Gasteiger partial charge >= 0.3 is 0 Å². The van der Waals surface area contributed by atoms with E-state index in [1.165, 1.54) is 6.20 Å². The van der Waals surface area contributed by atoms with Crippen molar-refractivity contribution >= 4 is 23.6 Å². The van der Waals surface area contributed by atoms with E-state index in [9.17, 15) is 28.0 Å². The highest BCUT2D eigenvalue weighted by Crippen LogP contribution is 2.42. The summed E-state index contributed by atoms with van der Waals surface area (Å²) in [5.41, 5.74) is 15.0. The highest BCUT2D eigenvalue weighted by molar-refractivity contribution is 5.90. The summed E-state index contributed by atoms with van der Waals surface area (Å²) in [6.07, 6.45) is 2.45. The number of carbonyl (C=O) groups excluding carboxylic acids is 4. The number of nitrogens with zero attached hydrogens (tertiary/aromatic N) is 6. The number of hydrogen-bond donors (Lipinski definition) is 6. The fourth-order valence-electron chi connectivity index (χ4n) is 9.12. The number of aromatic nitrogens is 2. The van der Waals surface area contributed by atoms with Gasteiger partial charge in [0.2, 0.25) is 41.4 Å². The summed E-state index contributed by atoms with van der Waals surface area (Å²) in [5, 5.41) is 7.64. The van der Waals surface area contributed by atoms with E-state index in [0.717, 1.165) is 51.7 Å². The molecule has 18 nitrogen and oxygen atoms in total. The number of pyridine rings is 2. The molecule has 0 radical (unpaired) electrons. The van der Waals surface area contributed by atoms with Gasteiger partial charge in [-0.05, 0) is 60.8 Å². The number of amides is 4. The van der Waals surface area contributed by atoms with Crippen LogP contribution >= 0.6 is 0 Å². The van der Waals surface area contributed by atoms with Crippen molar-refractivity contribution in [3.63, 3.8) is 0 Å². The van der Waals surface area contributed by atoms with E-state index in [0.29, 0.717) is 22.3 Å². The van der Waals surface area contributed by atoms with Gasteiger partial charge in [-0.3, -0.25) is 19.2 Å². The lowest BCUT2D eigenvalue weighted by Gasteiger charge is -2.28. The summed E-state index contributed by atoms with van der Waals surface area (Å²) in [4.78, 5) is 64.9. The van der Waals surface area contributed by atoms with Gasteiger partial charge < -0.3 is 51.4 Å². The van der Waals surface area contributed by atoms with Crippen LogP contribution in [0.15, 0.2) is 109 Å². The Bertz CT molecular complexity index is 2490. The van der Waals surface area contributed by atoms with Gasteiger partial charge in [0.1, 0.15) is 44.1 Å². The molecule has 0 spiro atoms. The molecule has 73 heavy (non-hydrogen) atoms. The second-order valence-corrected chi connectivity index (χ2v) is 18.8. The number of ether oxygens (including phenoxy) is 2. The van der Waals surface area contributed by atoms with Gasteiger partial charge in [-0.25, -0.2) is 30.4 Å². The molecular formula is C51H60F4N12O6. The van der Waals surface area contributed by atoms with Crippen molar-refractivity contribution in [2.75, 3.05) is 46.0 Å². The molecule has 4 heterocycles. The molecule has 0 unspecified atom stereocenters. The van der Waals surface area contributed by atoms with E-state index in [4.69, 9.17) is 32.6 Å². The highest BCUT2D eigenvalue weighted by Gasteiger charge is 2.43. The molecule has 2 saturated heterocycles. The minimum Gasteiger partial charge on any atom is -0.476 e. The Morgan fingerprint density at radius 2 is 1.10 bits per heavy atom. The number of hydrogen-bond acceptors (Lipinski definition) is 14. The van der Waals surface area contributed by atoms with Crippen molar-refractivity contribution in [1.82, 2.24) is 40.4 Å². The van der Waals surface area contributed by atoms with Crippen LogP contribution in [0.5, 0.6) is 0 Å².